The van der Waals surface area contributed by atoms with Crippen molar-refractivity contribution < 1.29 is 0 Å². The van der Waals surface area contributed by atoms with Crippen LogP contribution in [0.4, 0.5) is 0 Å². The molecule has 0 saturated carbocycles. The van der Waals surface area contributed by atoms with E-state index >= 15 is 0 Å². The number of aryl methyl sites for hydroxylation is 1. The van der Waals surface area contributed by atoms with Crippen LogP contribution in [-0.4, -0.2) is 22.1 Å². The number of imidazole rings is 1. The van der Waals surface area contributed by atoms with Crippen LogP contribution in [0.1, 0.15) is 45.3 Å². The minimum atomic E-state index is 0.212. The fourth-order valence-corrected chi connectivity index (χ4v) is 1.78. The standard InChI is InChI=1S/C12H24N4/c1-4-6-16-9-14-8-12(16)11(7-13)15-10(3)5-2/h8-11,15H,4-7,13H2,1-3H3. The summed E-state index contributed by atoms with van der Waals surface area (Å²) in [5.41, 5.74) is 7.03. The van der Waals surface area contributed by atoms with Crippen LogP contribution < -0.4 is 11.1 Å². The number of nitrogens with one attached hydrogen (secondary N) is 1. The van der Waals surface area contributed by atoms with E-state index in [9.17, 15) is 0 Å². The Labute approximate surface area is 98.2 Å². The molecule has 1 heterocycles. The summed E-state index contributed by atoms with van der Waals surface area (Å²) in [6.45, 7) is 8.15. The minimum absolute atomic E-state index is 0.212. The first-order valence-corrected chi connectivity index (χ1v) is 6.19. The maximum absolute atomic E-state index is 5.83. The van der Waals surface area contributed by atoms with Gasteiger partial charge in [-0.15, -0.1) is 0 Å². The zero-order valence-electron chi connectivity index (χ0n) is 10.6. The number of nitrogens with zero attached hydrogens (tertiary/aromatic N) is 2. The first-order valence-electron chi connectivity index (χ1n) is 6.19. The lowest BCUT2D eigenvalue weighted by atomic mass is 10.1. The molecule has 1 rings (SSSR count). The van der Waals surface area contributed by atoms with Crippen molar-refractivity contribution in [2.75, 3.05) is 6.54 Å². The average Bonchev–Trinajstić information content (AvgIpc) is 2.74. The minimum Gasteiger partial charge on any atom is -0.333 e. The molecular formula is C12H24N4. The lowest BCUT2D eigenvalue weighted by Gasteiger charge is -2.22. The van der Waals surface area contributed by atoms with Crippen LogP contribution in [0.2, 0.25) is 0 Å². The Hall–Kier alpha value is -0.870. The van der Waals surface area contributed by atoms with Crippen LogP contribution in [0.15, 0.2) is 12.5 Å². The molecule has 0 aromatic carbocycles. The number of hydrogen-bond donors (Lipinski definition) is 2. The predicted octanol–water partition coefficient (Wildman–Crippen LogP) is 1.68. The van der Waals surface area contributed by atoms with Gasteiger partial charge in [-0.1, -0.05) is 13.8 Å². The van der Waals surface area contributed by atoms with Gasteiger partial charge in [-0.05, 0) is 19.8 Å². The lowest BCUT2D eigenvalue weighted by molar-refractivity contribution is 0.430. The molecular weight excluding hydrogens is 200 g/mol. The van der Waals surface area contributed by atoms with Crippen LogP contribution in [0.25, 0.3) is 0 Å². The van der Waals surface area contributed by atoms with Gasteiger partial charge in [-0.2, -0.15) is 0 Å². The Morgan fingerprint density at radius 2 is 2.25 bits per heavy atom. The molecule has 1 aromatic heterocycles. The van der Waals surface area contributed by atoms with E-state index in [1.807, 2.05) is 12.5 Å². The molecule has 92 valence electrons. The molecule has 4 nitrogen and oxygen atoms in total. The Kier molecular flexibility index (Phi) is 5.49. The lowest BCUT2D eigenvalue weighted by Crippen LogP contribution is -2.35. The molecule has 0 aliphatic rings. The summed E-state index contributed by atoms with van der Waals surface area (Å²) in [6, 6.07) is 0.697. The zero-order chi connectivity index (χ0) is 12.0. The highest BCUT2D eigenvalue weighted by molar-refractivity contribution is 5.06. The summed E-state index contributed by atoms with van der Waals surface area (Å²) >= 11 is 0. The molecule has 0 radical (unpaired) electrons. The summed E-state index contributed by atoms with van der Waals surface area (Å²) in [5, 5.41) is 3.53. The van der Waals surface area contributed by atoms with Gasteiger partial charge in [0.25, 0.3) is 0 Å². The topological polar surface area (TPSA) is 55.9 Å². The fraction of sp³-hybridized carbons (Fsp3) is 0.750. The van der Waals surface area contributed by atoms with E-state index in [1.54, 1.807) is 0 Å². The largest absolute Gasteiger partial charge is 0.333 e. The first-order chi connectivity index (χ1) is 7.72. The molecule has 4 heteroatoms. The van der Waals surface area contributed by atoms with Gasteiger partial charge in [-0.25, -0.2) is 4.98 Å². The van der Waals surface area contributed by atoms with Crippen LogP contribution >= 0.6 is 0 Å². The SMILES string of the molecule is CCCn1cncc1C(CN)NC(C)CC. The van der Waals surface area contributed by atoms with Gasteiger partial charge in [0.1, 0.15) is 0 Å². The second kappa shape index (κ2) is 6.66. The maximum Gasteiger partial charge on any atom is 0.0948 e. The summed E-state index contributed by atoms with van der Waals surface area (Å²) in [4.78, 5) is 4.21. The van der Waals surface area contributed by atoms with E-state index in [0.717, 1.165) is 19.4 Å². The highest BCUT2D eigenvalue weighted by atomic mass is 15.1. The number of hydrogen-bond acceptors (Lipinski definition) is 3. The highest BCUT2D eigenvalue weighted by Crippen LogP contribution is 2.13. The zero-order valence-corrected chi connectivity index (χ0v) is 10.6. The monoisotopic (exact) mass is 224 g/mol. The van der Waals surface area contributed by atoms with Crippen molar-refractivity contribution in [3.05, 3.63) is 18.2 Å². The summed E-state index contributed by atoms with van der Waals surface area (Å²) in [7, 11) is 0. The van der Waals surface area contributed by atoms with Crippen molar-refractivity contribution in [3.8, 4) is 0 Å². The fourth-order valence-electron chi connectivity index (χ4n) is 1.78. The molecule has 3 N–H and O–H groups in total. The third-order valence-electron chi connectivity index (χ3n) is 2.90. The van der Waals surface area contributed by atoms with Crippen LogP contribution in [0.3, 0.4) is 0 Å². The van der Waals surface area contributed by atoms with Crippen LogP contribution in [0, 0.1) is 0 Å². The van der Waals surface area contributed by atoms with E-state index in [2.05, 4.69) is 35.6 Å². The molecule has 2 atom stereocenters. The first kappa shape index (κ1) is 13.2. The second-order valence-electron chi connectivity index (χ2n) is 4.28. The molecule has 2 unspecified atom stereocenters. The molecule has 0 fully saturated rings. The van der Waals surface area contributed by atoms with Crippen molar-refractivity contribution in [1.29, 1.82) is 0 Å². The van der Waals surface area contributed by atoms with Crippen molar-refractivity contribution >= 4 is 0 Å². The van der Waals surface area contributed by atoms with Crippen molar-refractivity contribution in [2.24, 2.45) is 5.73 Å². The van der Waals surface area contributed by atoms with Gasteiger partial charge < -0.3 is 15.6 Å². The van der Waals surface area contributed by atoms with Gasteiger partial charge in [0.2, 0.25) is 0 Å². The highest BCUT2D eigenvalue weighted by Gasteiger charge is 2.15. The van der Waals surface area contributed by atoms with Gasteiger partial charge in [0.15, 0.2) is 0 Å². The average molecular weight is 224 g/mol. The third-order valence-corrected chi connectivity index (χ3v) is 2.90. The normalized spacial score (nSPS) is 15.0. The smallest absolute Gasteiger partial charge is 0.0948 e. The summed E-state index contributed by atoms with van der Waals surface area (Å²) in [6.07, 6.45) is 6.03. The van der Waals surface area contributed by atoms with Gasteiger partial charge in [-0.3, -0.25) is 0 Å². The van der Waals surface area contributed by atoms with E-state index in [1.165, 1.54) is 5.69 Å². The molecule has 1 aromatic rings. The number of nitrogens with two attached hydrogens (primary N) is 1. The predicted molar refractivity (Wildman–Crippen MR) is 67.2 cm³/mol. The molecule has 0 aliphatic heterocycles. The number of aromatic nitrogens is 2. The maximum atomic E-state index is 5.83. The molecule has 0 bridgehead atoms. The Bertz CT molecular complexity index is 295. The van der Waals surface area contributed by atoms with E-state index in [4.69, 9.17) is 5.73 Å². The summed E-state index contributed by atoms with van der Waals surface area (Å²) < 4.78 is 2.19. The summed E-state index contributed by atoms with van der Waals surface area (Å²) in [5.74, 6) is 0. The van der Waals surface area contributed by atoms with E-state index in [-0.39, 0.29) is 6.04 Å². The second-order valence-corrected chi connectivity index (χ2v) is 4.28. The molecule has 0 amide bonds. The number of rotatable bonds is 7. The van der Waals surface area contributed by atoms with Crippen molar-refractivity contribution in [2.45, 2.75) is 52.2 Å². The van der Waals surface area contributed by atoms with Crippen molar-refractivity contribution in [3.63, 3.8) is 0 Å². The van der Waals surface area contributed by atoms with Crippen LogP contribution in [-0.2, 0) is 6.54 Å². The van der Waals surface area contributed by atoms with Gasteiger partial charge in [0, 0.05) is 25.3 Å². The molecule has 0 spiro atoms. The Morgan fingerprint density at radius 3 is 2.81 bits per heavy atom. The van der Waals surface area contributed by atoms with E-state index in [0.29, 0.717) is 12.6 Å². The molecule has 16 heavy (non-hydrogen) atoms. The molecule has 0 aliphatic carbocycles. The van der Waals surface area contributed by atoms with Gasteiger partial charge in [0.05, 0.1) is 18.1 Å². The Morgan fingerprint density at radius 1 is 1.50 bits per heavy atom. The van der Waals surface area contributed by atoms with E-state index < -0.39 is 0 Å². The quantitative estimate of drug-likeness (QED) is 0.741. The third kappa shape index (κ3) is 3.32. The van der Waals surface area contributed by atoms with Crippen molar-refractivity contribution in [1.82, 2.24) is 14.9 Å². The Balaban J connectivity index is 2.73. The molecule has 0 saturated heterocycles. The van der Waals surface area contributed by atoms with Crippen LogP contribution in [0.5, 0.6) is 0 Å². The van der Waals surface area contributed by atoms with Gasteiger partial charge >= 0.3 is 0 Å².